The third-order valence-corrected chi connectivity index (χ3v) is 11.2. The zero-order valence-electron chi connectivity index (χ0n) is 28.5. The maximum absolute atomic E-state index is 2.46. The molecule has 11 aromatic rings. The van der Waals surface area contributed by atoms with Crippen molar-refractivity contribution in [1.29, 1.82) is 0 Å². The molecule has 52 heavy (non-hydrogen) atoms. The van der Waals surface area contributed by atoms with Crippen LogP contribution in [-0.4, -0.2) is 0 Å². The minimum Gasteiger partial charge on any atom is -0.0616 e. The Morgan fingerprint density at radius 3 is 1.04 bits per heavy atom. The molecule has 0 radical (unpaired) electrons. The van der Waals surface area contributed by atoms with Gasteiger partial charge < -0.3 is 0 Å². The molecule has 0 heterocycles. The first-order chi connectivity index (χ1) is 25.8. The normalized spacial score (nSPS) is 11.8. The van der Waals surface area contributed by atoms with Crippen molar-refractivity contribution in [3.63, 3.8) is 0 Å². The summed E-state index contributed by atoms with van der Waals surface area (Å²) in [5.41, 5.74) is 7.47. The van der Waals surface area contributed by atoms with Crippen LogP contribution in [0.2, 0.25) is 0 Å². The molecule has 0 nitrogen and oxygen atoms in total. The Bertz CT molecular complexity index is 3240. The molecular weight excluding hydrogens is 625 g/mol. The highest BCUT2D eigenvalue weighted by atomic mass is 14.2. The third-order valence-electron chi connectivity index (χ3n) is 11.2. The smallest absolute Gasteiger partial charge is 0.000763 e. The maximum Gasteiger partial charge on any atom is -0.000763 e. The molecule has 0 heteroatoms. The first-order valence-electron chi connectivity index (χ1n) is 18.1. The van der Waals surface area contributed by atoms with Gasteiger partial charge in [-0.2, -0.15) is 0 Å². The molecule has 0 bridgehead atoms. The first kappa shape index (κ1) is 29.0. The fourth-order valence-electron chi connectivity index (χ4n) is 8.74. The number of benzene rings is 11. The van der Waals surface area contributed by atoms with Gasteiger partial charge in [-0.05, 0) is 133 Å². The summed E-state index contributed by atoms with van der Waals surface area (Å²) >= 11 is 0. The van der Waals surface area contributed by atoms with Crippen molar-refractivity contribution in [2.24, 2.45) is 0 Å². The van der Waals surface area contributed by atoms with Crippen LogP contribution in [0.25, 0.3) is 109 Å². The van der Waals surface area contributed by atoms with Gasteiger partial charge in [0.1, 0.15) is 0 Å². The molecular formula is C52H32. The van der Waals surface area contributed by atoms with Crippen molar-refractivity contribution < 1.29 is 0 Å². The van der Waals surface area contributed by atoms with Crippen molar-refractivity contribution >= 4 is 75.4 Å². The number of hydrogen-bond donors (Lipinski definition) is 0. The second-order valence-corrected chi connectivity index (χ2v) is 14.0. The summed E-state index contributed by atoms with van der Waals surface area (Å²) in [4.78, 5) is 0. The zero-order valence-corrected chi connectivity index (χ0v) is 28.5. The average Bonchev–Trinajstić information content (AvgIpc) is 3.22. The molecule has 0 saturated heterocycles. The number of fused-ring (bicyclic) bond motifs is 10. The van der Waals surface area contributed by atoms with Gasteiger partial charge in [-0.1, -0.05) is 170 Å². The molecule has 240 valence electrons. The topological polar surface area (TPSA) is 0 Å². The molecule has 0 aliphatic rings. The Morgan fingerprint density at radius 1 is 0.192 bits per heavy atom. The van der Waals surface area contributed by atoms with E-state index in [0.717, 1.165) is 0 Å². The van der Waals surface area contributed by atoms with E-state index in [1.807, 2.05) is 0 Å². The molecule has 0 spiro atoms. The summed E-state index contributed by atoms with van der Waals surface area (Å²) in [6, 6.07) is 72.1. The lowest BCUT2D eigenvalue weighted by molar-refractivity contribution is 1.66. The second kappa shape index (κ2) is 11.4. The summed E-state index contributed by atoms with van der Waals surface area (Å²) in [6.07, 6.45) is 0. The van der Waals surface area contributed by atoms with Gasteiger partial charge in [0, 0.05) is 0 Å². The van der Waals surface area contributed by atoms with Crippen LogP contribution in [0, 0.1) is 0 Å². The molecule has 0 aliphatic heterocycles. The maximum atomic E-state index is 2.46. The molecule has 11 aromatic carbocycles. The van der Waals surface area contributed by atoms with E-state index in [2.05, 4.69) is 194 Å². The Kier molecular flexibility index (Phi) is 6.35. The molecule has 0 amide bonds. The highest BCUT2D eigenvalue weighted by Crippen LogP contribution is 2.50. The highest BCUT2D eigenvalue weighted by molar-refractivity contribution is 6.37. The number of hydrogen-bond acceptors (Lipinski definition) is 0. The molecule has 0 atom stereocenters. The zero-order chi connectivity index (χ0) is 34.2. The predicted octanol–water partition coefficient (Wildman–Crippen LogP) is 14.8. The molecule has 11 rings (SSSR count). The summed E-state index contributed by atoms with van der Waals surface area (Å²) in [5, 5.41) is 17.7. The lowest BCUT2D eigenvalue weighted by atomic mass is 9.80. The quantitative estimate of drug-likeness (QED) is 0.131. The van der Waals surface area contributed by atoms with Crippen molar-refractivity contribution in [3.8, 4) is 33.4 Å². The van der Waals surface area contributed by atoms with Crippen LogP contribution in [0.15, 0.2) is 194 Å². The summed E-state index contributed by atoms with van der Waals surface area (Å²) in [6.45, 7) is 0. The third kappa shape index (κ3) is 4.41. The van der Waals surface area contributed by atoms with Gasteiger partial charge in [0.2, 0.25) is 0 Å². The van der Waals surface area contributed by atoms with Gasteiger partial charge in [0.05, 0.1) is 0 Å². The van der Waals surface area contributed by atoms with Crippen LogP contribution in [-0.2, 0) is 0 Å². The van der Waals surface area contributed by atoms with Crippen molar-refractivity contribution in [1.82, 2.24) is 0 Å². The number of rotatable bonds is 3. The monoisotopic (exact) mass is 656 g/mol. The van der Waals surface area contributed by atoms with Crippen molar-refractivity contribution in [3.05, 3.63) is 194 Å². The lowest BCUT2D eigenvalue weighted by Crippen LogP contribution is -1.95. The predicted molar refractivity (Wildman–Crippen MR) is 225 cm³/mol. The van der Waals surface area contributed by atoms with Gasteiger partial charge in [-0.25, -0.2) is 0 Å². The van der Waals surface area contributed by atoms with Crippen LogP contribution < -0.4 is 0 Å². The van der Waals surface area contributed by atoms with Gasteiger partial charge in [0.25, 0.3) is 0 Å². The highest BCUT2D eigenvalue weighted by Gasteiger charge is 2.22. The van der Waals surface area contributed by atoms with Crippen molar-refractivity contribution in [2.45, 2.75) is 0 Å². The van der Waals surface area contributed by atoms with Gasteiger partial charge in [-0.15, -0.1) is 0 Å². The van der Waals surface area contributed by atoms with Crippen LogP contribution in [0.1, 0.15) is 0 Å². The molecule has 0 N–H and O–H groups in total. The lowest BCUT2D eigenvalue weighted by Gasteiger charge is -2.22. The van der Waals surface area contributed by atoms with E-state index in [1.54, 1.807) is 0 Å². The molecule has 0 aliphatic carbocycles. The summed E-state index contributed by atoms with van der Waals surface area (Å²) < 4.78 is 0. The first-order valence-corrected chi connectivity index (χ1v) is 18.1. The van der Waals surface area contributed by atoms with E-state index in [9.17, 15) is 0 Å². The van der Waals surface area contributed by atoms with E-state index in [-0.39, 0.29) is 0 Å². The molecule has 0 aromatic heterocycles. The fourth-order valence-corrected chi connectivity index (χ4v) is 8.74. The average molecular weight is 657 g/mol. The standard InChI is InChI=1S/C52H32/c1-4-14-36-29-39(24-21-33(36)11-1)40-27-28-47-48(32-40)50(42-26-23-35-13-3-6-16-38(35)31-42)52-46-20-10-8-18-44(46)43-17-7-9-19-45(43)51(52)49(47)41-25-22-34-12-2-5-15-37(34)30-41/h1-32H. The minimum absolute atomic E-state index is 1.22. The van der Waals surface area contributed by atoms with Crippen LogP contribution in [0.4, 0.5) is 0 Å². The minimum atomic E-state index is 1.22. The van der Waals surface area contributed by atoms with Crippen LogP contribution in [0.5, 0.6) is 0 Å². The SMILES string of the molecule is c1ccc2cc(-c3ccc4c(-c5ccc6ccccc6c5)c5c6ccccc6c6ccccc6c5c(-c5ccc6ccccc6c5)c4c3)ccc2c1. The van der Waals surface area contributed by atoms with E-state index in [1.165, 1.54) is 109 Å². The van der Waals surface area contributed by atoms with E-state index >= 15 is 0 Å². The van der Waals surface area contributed by atoms with E-state index in [4.69, 9.17) is 0 Å². The molecule has 0 saturated carbocycles. The van der Waals surface area contributed by atoms with Crippen molar-refractivity contribution in [2.75, 3.05) is 0 Å². The van der Waals surface area contributed by atoms with Gasteiger partial charge >= 0.3 is 0 Å². The summed E-state index contributed by atoms with van der Waals surface area (Å²) in [5.74, 6) is 0. The molecule has 0 fully saturated rings. The van der Waals surface area contributed by atoms with E-state index < -0.39 is 0 Å². The molecule has 0 unspecified atom stereocenters. The second-order valence-electron chi connectivity index (χ2n) is 14.0. The van der Waals surface area contributed by atoms with Crippen LogP contribution in [0.3, 0.4) is 0 Å². The largest absolute Gasteiger partial charge is 0.0616 e. The Morgan fingerprint density at radius 2 is 0.538 bits per heavy atom. The van der Waals surface area contributed by atoms with Gasteiger partial charge in [0.15, 0.2) is 0 Å². The van der Waals surface area contributed by atoms with Gasteiger partial charge in [-0.3, -0.25) is 0 Å². The Labute approximate surface area is 301 Å². The Balaban J connectivity index is 1.37. The van der Waals surface area contributed by atoms with Crippen LogP contribution >= 0.6 is 0 Å². The Hall–Kier alpha value is -6.76. The summed E-state index contributed by atoms with van der Waals surface area (Å²) in [7, 11) is 0. The fraction of sp³-hybridized carbons (Fsp3) is 0. The van der Waals surface area contributed by atoms with E-state index in [0.29, 0.717) is 0 Å².